The van der Waals surface area contributed by atoms with E-state index in [2.05, 4.69) is 31.2 Å². The van der Waals surface area contributed by atoms with Crippen LogP contribution in [0.15, 0.2) is 70.6 Å². The van der Waals surface area contributed by atoms with Crippen LogP contribution in [-0.4, -0.2) is 15.3 Å². The van der Waals surface area contributed by atoms with Gasteiger partial charge < -0.3 is 0 Å². The number of fused-ring (bicyclic) bond motifs is 3. The molecule has 5 heteroatoms. The fourth-order valence-electron chi connectivity index (χ4n) is 4.18. The van der Waals surface area contributed by atoms with E-state index < -0.39 is 0 Å². The molecule has 2 aromatic carbocycles. The van der Waals surface area contributed by atoms with Crippen LogP contribution >= 0.6 is 23.1 Å². The normalized spacial score (nSPS) is 16.0. The highest BCUT2D eigenvalue weighted by molar-refractivity contribution is 7.99. The predicted molar refractivity (Wildman–Crippen MR) is 127 cm³/mol. The molecule has 1 aliphatic rings. The van der Waals surface area contributed by atoms with Gasteiger partial charge in [-0.05, 0) is 54.9 Å². The first-order valence-electron chi connectivity index (χ1n) is 10.5. The molecule has 30 heavy (non-hydrogen) atoms. The van der Waals surface area contributed by atoms with Crippen LogP contribution in [0.1, 0.15) is 29.3 Å². The highest BCUT2D eigenvalue weighted by atomic mass is 32.2. The standard InChI is InChI=1S/C25H24N2OS2/c1-17-12-13-20-21(16-17)30-23-22(20)24(28)27(19-10-6-3-7-11-19)25(26-23)29-15-14-18-8-4-2-5-9-18/h2-11,17H,12-16H2,1H3. The van der Waals surface area contributed by atoms with Crippen LogP contribution in [-0.2, 0) is 19.3 Å². The van der Waals surface area contributed by atoms with Gasteiger partial charge in [0.2, 0.25) is 0 Å². The zero-order valence-electron chi connectivity index (χ0n) is 17.0. The third-order valence-electron chi connectivity index (χ3n) is 5.78. The molecule has 0 spiro atoms. The van der Waals surface area contributed by atoms with E-state index in [1.807, 2.05) is 41.0 Å². The van der Waals surface area contributed by atoms with Gasteiger partial charge in [-0.25, -0.2) is 4.98 Å². The molecule has 0 fully saturated rings. The first-order chi connectivity index (χ1) is 14.7. The molecule has 1 atom stereocenters. The Labute approximate surface area is 184 Å². The van der Waals surface area contributed by atoms with Gasteiger partial charge in [0.25, 0.3) is 5.56 Å². The fraction of sp³-hybridized carbons (Fsp3) is 0.280. The van der Waals surface area contributed by atoms with Gasteiger partial charge in [-0.3, -0.25) is 9.36 Å². The number of hydrogen-bond acceptors (Lipinski definition) is 4. The molecule has 0 amide bonds. The van der Waals surface area contributed by atoms with Crippen molar-refractivity contribution in [3.05, 3.63) is 87.0 Å². The van der Waals surface area contributed by atoms with Crippen LogP contribution in [0.4, 0.5) is 0 Å². The number of hydrogen-bond donors (Lipinski definition) is 0. The second-order valence-electron chi connectivity index (χ2n) is 7.99. The van der Waals surface area contributed by atoms with Gasteiger partial charge in [0.1, 0.15) is 4.83 Å². The molecule has 152 valence electrons. The van der Waals surface area contributed by atoms with Crippen LogP contribution in [0.25, 0.3) is 15.9 Å². The third kappa shape index (κ3) is 3.72. The molecule has 2 heterocycles. The molecule has 1 unspecified atom stereocenters. The topological polar surface area (TPSA) is 34.9 Å². The summed E-state index contributed by atoms with van der Waals surface area (Å²) in [7, 11) is 0. The van der Waals surface area contributed by atoms with Gasteiger partial charge in [-0.15, -0.1) is 11.3 Å². The average molecular weight is 433 g/mol. The summed E-state index contributed by atoms with van der Waals surface area (Å²) in [6, 6.07) is 20.4. The van der Waals surface area contributed by atoms with Crippen LogP contribution in [0.2, 0.25) is 0 Å². The van der Waals surface area contributed by atoms with Crippen molar-refractivity contribution in [2.24, 2.45) is 5.92 Å². The SMILES string of the molecule is CC1CCc2c(sc3nc(SCCc4ccccc4)n(-c4ccccc4)c(=O)c23)C1. The molecular formula is C25H24N2OS2. The number of aryl methyl sites for hydroxylation is 2. The van der Waals surface area contributed by atoms with Crippen molar-refractivity contribution in [3.63, 3.8) is 0 Å². The summed E-state index contributed by atoms with van der Waals surface area (Å²) in [6.07, 6.45) is 4.16. The maximum atomic E-state index is 13.7. The van der Waals surface area contributed by atoms with Crippen molar-refractivity contribution in [2.75, 3.05) is 5.75 Å². The summed E-state index contributed by atoms with van der Waals surface area (Å²) < 4.78 is 1.82. The molecule has 0 aliphatic heterocycles. The molecule has 0 N–H and O–H groups in total. The zero-order chi connectivity index (χ0) is 20.5. The summed E-state index contributed by atoms with van der Waals surface area (Å²) in [6.45, 7) is 2.30. The molecular weight excluding hydrogens is 408 g/mol. The molecule has 5 rings (SSSR count). The molecule has 4 aromatic rings. The summed E-state index contributed by atoms with van der Waals surface area (Å²) in [4.78, 5) is 21.0. The lowest BCUT2D eigenvalue weighted by molar-refractivity contribution is 0.509. The lowest BCUT2D eigenvalue weighted by Crippen LogP contribution is -2.22. The van der Waals surface area contributed by atoms with Gasteiger partial charge in [-0.2, -0.15) is 0 Å². The Hall–Kier alpha value is -2.37. The maximum Gasteiger partial charge on any atom is 0.267 e. The first-order valence-corrected chi connectivity index (χ1v) is 12.3. The Kier molecular flexibility index (Phi) is 5.48. The summed E-state index contributed by atoms with van der Waals surface area (Å²) >= 11 is 3.40. The largest absolute Gasteiger partial charge is 0.268 e. The minimum absolute atomic E-state index is 0.0838. The van der Waals surface area contributed by atoms with E-state index in [0.29, 0.717) is 5.92 Å². The van der Waals surface area contributed by atoms with Crippen molar-refractivity contribution < 1.29 is 0 Å². The Bertz CT molecular complexity index is 1230. The minimum atomic E-state index is 0.0838. The van der Waals surface area contributed by atoms with Gasteiger partial charge in [0.05, 0.1) is 11.1 Å². The van der Waals surface area contributed by atoms with E-state index in [-0.39, 0.29) is 5.56 Å². The highest BCUT2D eigenvalue weighted by Crippen LogP contribution is 2.37. The second-order valence-corrected chi connectivity index (χ2v) is 10.1. The quantitative estimate of drug-likeness (QED) is 0.291. The van der Waals surface area contributed by atoms with Gasteiger partial charge >= 0.3 is 0 Å². The van der Waals surface area contributed by atoms with Crippen LogP contribution < -0.4 is 5.56 Å². The van der Waals surface area contributed by atoms with Gasteiger partial charge in [0, 0.05) is 10.6 Å². The first kappa shape index (κ1) is 19.6. The molecule has 3 nitrogen and oxygen atoms in total. The lowest BCUT2D eigenvalue weighted by atomic mass is 9.89. The Morgan fingerprint density at radius 2 is 1.83 bits per heavy atom. The molecule has 0 radical (unpaired) electrons. The number of thiophene rings is 1. The highest BCUT2D eigenvalue weighted by Gasteiger charge is 2.25. The van der Waals surface area contributed by atoms with Crippen molar-refractivity contribution in [1.82, 2.24) is 9.55 Å². The molecule has 0 saturated carbocycles. The van der Waals surface area contributed by atoms with E-state index in [9.17, 15) is 4.79 Å². The third-order valence-corrected chi connectivity index (χ3v) is 7.87. The van der Waals surface area contributed by atoms with Crippen LogP contribution in [0.5, 0.6) is 0 Å². The number of aromatic nitrogens is 2. The van der Waals surface area contributed by atoms with Gasteiger partial charge in [-0.1, -0.05) is 67.2 Å². The summed E-state index contributed by atoms with van der Waals surface area (Å²) in [5, 5.41) is 1.64. The number of benzene rings is 2. The van der Waals surface area contributed by atoms with Crippen molar-refractivity contribution >= 4 is 33.3 Å². The van der Waals surface area contributed by atoms with E-state index in [1.54, 1.807) is 23.1 Å². The zero-order valence-corrected chi connectivity index (χ0v) is 18.6. The summed E-state index contributed by atoms with van der Waals surface area (Å²) in [5.41, 5.74) is 3.53. The van der Waals surface area contributed by atoms with Crippen molar-refractivity contribution in [1.29, 1.82) is 0 Å². The van der Waals surface area contributed by atoms with E-state index in [0.717, 1.165) is 52.5 Å². The second kappa shape index (κ2) is 8.40. The number of nitrogens with zero attached hydrogens (tertiary/aromatic N) is 2. The number of para-hydroxylation sites is 1. The fourth-order valence-corrected chi connectivity index (χ4v) is 6.60. The van der Waals surface area contributed by atoms with Crippen LogP contribution in [0, 0.1) is 5.92 Å². The molecule has 2 aromatic heterocycles. The number of thioether (sulfide) groups is 1. The maximum absolute atomic E-state index is 13.7. The monoisotopic (exact) mass is 432 g/mol. The Morgan fingerprint density at radius 3 is 2.60 bits per heavy atom. The number of rotatable bonds is 5. The van der Waals surface area contributed by atoms with Crippen molar-refractivity contribution in [2.45, 2.75) is 37.8 Å². The molecule has 0 saturated heterocycles. The molecule has 0 bridgehead atoms. The van der Waals surface area contributed by atoms with Crippen LogP contribution in [0.3, 0.4) is 0 Å². The Balaban J connectivity index is 1.58. The van der Waals surface area contributed by atoms with E-state index in [4.69, 9.17) is 4.98 Å². The van der Waals surface area contributed by atoms with Crippen molar-refractivity contribution in [3.8, 4) is 5.69 Å². The molecule has 1 aliphatic carbocycles. The summed E-state index contributed by atoms with van der Waals surface area (Å²) in [5.74, 6) is 1.57. The minimum Gasteiger partial charge on any atom is -0.268 e. The Morgan fingerprint density at radius 1 is 1.10 bits per heavy atom. The van der Waals surface area contributed by atoms with E-state index in [1.165, 1.54) is 16.0 Å². The van der Waals surface area contributed by atoms with E-state index >= 15 is 0 Å². The smallest absolute Gasteiger partial charge is 0.267 e. The average Bonchev–Trinajstić information content (AvgIpc) is 3.13. The van der Waals surface area contributed by atoms with Gasteiger partial charge in [0.15, 0.2) is 5.16 Å². The lowest BCUT2D eigenvalue weighted by Gasteiger charge is -2.17. The predicted octanol–water partition coefficient (Wildman–Crippen LogP) is 5.91.